The van der Waals surface area contributed by atoms with Crippen LogP contribution in [0.15, 0.2) is 24.3 Å². The minimum Gasteiger partial charge on any atom is -0.496 e. The van der Waals surface area contributed by atoms with Crippen molar-refractivity contribution < 1.29 is 9.84 Å². The van der Waals surface area contributed by atoms with Crippen LogP contribution >= 0.6 is 0 Å². The van der Waals surface area contributed by atoms with Crippen LogP contribution in [0.4, 0.5) is 0 Å². The normalized spacial score (nSPS) is 25.7. The number of hydrogen-bond donors (Lipinski definition) is 2. The highest BCUT2D eigenvalue weighted by Crippen LogP contribution is 2.27. The smallest absolute Gasteiger partial charge is 0.123 e. The van der Waals surface area contributed by atoms with Gasteiger partial charge in [-0.15, -0.1) is 0 Å². The summed E-state index contributed by atoms with van der Waals surface area (Å²) in [7, 11) is 1.71. The van der Waals surface area contributed by atoms with Gasteiger partial charge in [-0.1, -0.05) is 18.2 Å². The van der Waals surface area contributed by atoms with Crippen LogP contribution in [0.1, 0.15) is 44.2 Å². The molecule has 2 rings (SSSR count). The third kappa shape index (κ3) is 3.24. The lowest BCUT2D eigenvalue weighted by atomic mass is 9.92. The van der Waals surface area contributed by atoms with Gasteiger partial charge in [0.15, 0.2) is 0 Å². The maximum atomic E-state index is 9.51. The van der Waals surface area contributed by atoms with E-state index in [1.807, 2.05) is 18.2 Å². The van der Waals surface area contributed by atoms with E-state index in [9.17, 15) is 5.11 Å². The average Bonchev–Trinajstić information content (AvgIpc) is 2.41. The van der Waals surface area contributed by atoms with Gasteiger partial charge in [0.05, 0.1) is 13.2 Å². The summed E-state index contributed by atoms with van der Waals surface area (Å²) in [5, 5.41) is 13.2. The molecule has 1 aliphatic carbocycles. The van der Waals surface area contributed by atoms with Crippen molar-refractivity contribution in [3.8, 4) is 5.75 Å². The lowest BCUT2D eigenvalue weighted by Crippen LogP contribution is -2.36. The minimum atomic E-state index is -0.0929. The summed E-state index contributed by atoms with van der Waals surface area (Å²) < 4.78 is 5.39. The number of aliphatic hydroxyl groups is 1. The molecule has 1 atom stereocenters. The van der Waals surface area contributed by atoms with Gasteiger partial charge in [-0.3, -0.25) is 0 Å². The van der Waals surface area contributed by atoms with E-state index in [0.29, 0.717) is 6.04 Å². The van der Waals surface area contributed by atoms with Crippen LogP contribution < -0.4 is 10.1 Å². The Morgan fingerprint density at radius 3 is 2.56 bits per heavy atom. The quantitative estimate of drug-likeness (QED) is 0.862. The van der Waals surface area contributed by atoms with Crippen LogP contribution in [0.3, 0.4) is 0 Å². The molecule has 1 saturated carbocycles. The summed E-state index contributed by atoms with van der Waals surface area (Å²) in [6.07, 6.45) is 3.85. The Bertz CT molecular complexity index is 373. The van der Waals surface area contributed by atoms with Gasteiger partial charge in [0, 0.05) is 17.6 Å². The Labute approximate surface area is 109 Å². The summed E-state index contributed by atoms with van der Waals surface area (Å²) in [6, 6.07) is 8.92. The molecule has 1 aliphatic rings. The monoisotopic (exact) mass is 249 g/mol. The second-order valence-corrected chi connectivity index (χ2v) is 5.14. The third-order valence-electron chi connectivity index (χ3n) is 3.79. The minimum absolute atomic E-state index is 0.0929. The van der Waals surface area contributed by atoms with E-state index in [1.54, 1.807) is 7.11 Å². The predicted octanol–water partition coefficient (Wildman–Crippen LogP) is 2.65. The first-order valence-corrected chi connectivity index (χ1v) is 6.77. The van der Waals surface area contributed by atoms with Crippen LogP contribution in [0.5, 0.6) is 5.75 Å². The molecule has 0 radical (unpaired) electrons. The van der Waals surface area contributed by atoms with Crippen LogP contribution in [-0.2, 0) is 0 Å². The SMILES string of the molecule is COc1ccccc1[C@@H](C)NC1CCC(O)CC1. The molecule has 0 amide bonds. The van der Waals surface area contributed by atoms with Crippen molar-refractivity contribution in [1.29, 1.82) is 0 Å². The predicted molar refractivity (Wildman–Crippen MR) is 72.8 cm³/mol. The van der Waals surface area contributed by atoms with Crippen LogP contribution in [0.25, 0.3) is 0 Å². The van der Waals surface area contributed by atoms with Crippen molar-refractivity contribution in [1.82, 2.24) is 5.32 Å². The maximum absolute atomic E-state index is 9.51. The molecule has 3 heteroatoms. The van der Waals surface area contributed by atoms with Crippen molar-refractivity contribution in [2.45, 2.75) is 50.8 Å². The van der Waals surface area contributed by atoms with E-state index in [1.165, 1.54) is 5.56 Å². The molecule has 1 fully saturated rings. The Morgan fingerprint density at radius 2 is 1.89 bits per heavy atom. The van der Waals surface area contributed by atoms with E-state index in [4.69, 9.17) is 4.74 Å². The zero-order valence-electron chi connectivity index (χ0n) is 11.2. The standard InChI is InChI=1S/C15H23NO2/c1-11(14-5-3-4-6-15(14)18-2)16-12-7-9-13(17)10-8-12/h3-6,11-13,16-17H,7-10H2,1-2H3/t11-,12?,13?/m1/s1. The van der Waals surface area contributed by atoms with E-state index < -0.39 is 0 Å². The van der Waals surface area contributed by atoms with Gasteiger partial charge in [0.25, 0.3) is 0 Å². The molecule has 0 spiro atoms. The fourth-order valence-electron chi connectivity index (χ4n) is 2.71. The molecule has 0 saturated heterocycles. The van der Waals surface area contributed by atoms with E-state index >= 15 is 0 Å². The molecule has 0 aliphatic heterocycles. The summed E-state index contributed by atoms with van der Waals surface area (Å²) >= 11 is 0. The second kappa shape index (κ2) is 6.21. The van der Waals surface area contributed by atoms with E-state index in [2.05, 4.69) is 18.3 Å². The highest BCUT2D eigenvalue weighted by molar-refractivity contribution is 5.35. The van der Waals surface area contributed by atoms with Gasteiger partial charge >= 0.3 is 0 Å². The number of hydrogen-bond acceptors (Lipinski definition) is 3. The molecular formula is C15H23NO2. The molecule has 0 unspecified atom stereocenters. The number of para-hydroxylation sites is 1. The topological polar surface area (TPSA) is 41.5 Å². The Balaban J connectivity index is 1.96. The highest BCUT2D eigenvalue weighted by Gasteiger charge is 2.21. The zero-order chi connectivity index (χ0) is 13.0. The van der Waals surface area contributed by atoms with Crippen molar-refractivity contribution in [3.05, 3.63) is 29.8 Å². The van der Waals surface area contributed by atoms with E-state index in [-0.39, 0.29) is 12.1 Å². The highest BCUT2D eigenvalue weighted by atomic mass is 16.5. The average molecular weight is 249 g/mol. The maximum Gasteiger partial charge on any atom is 0.123 e. The molecular weight excluding hydrogens is 226 g/mol. The first kappa shape index (κ1) is 13.4. The number of benzene rings is 1. The summed E-state index contributed by atoms with van der Waals surface area (Å²) in [5.74, 6) is 0.938. The zero-order valence-corrected chi connectivity index (χ0v) is 11.2. The van der Waals surface area contributed by atoms with Gasteiger partial charge in [0.2, 0.25) is 0 Å². The number of ether oxygens (including phenoxy) is 1. The van der Waals surface area contributed by atoms with Crippen molar-refractivity contribution in [2.24, 2.45) is 0 Å². The van der Waals surface area contributed by atoms with Crippen LogP contribution in [-0.4, -0.2) is 24.4 Å². The van der Waals surface area contributed by atoms with Crippen molar-refractivity contribution >= 4 is 0 Å². The molecule has 100 valence electrons. The second-order valence-electron chi connectivity index (χ2n) is 5.14. The lowest BCUT2D eigenvalue weighted by molar-refractivity contribution is 0.114. The van der Waals surface area contributed by atoms with Crippen molar-refractivity contribution in [2.75, 3.05) is 7.11 Å². The van der Waals surface area contributed by atoms with E-state index in [0.717, 1.165) is 31.4 Å². The molecule has 1 aromatic rings. The number of methoxy groups -OCH3 is 1. The van der Waals surface area contributed by atoms with Crippen LogP contribution in [0.2, 0.25) is 0 Å². The molecule has 2 N–H and O–H groups in total. The summed E-state index contributed by atoms with van der Waals surface area (Å²) in [6.45, 7) is 2.17. The van der Waals surface area contributed by atoms with Gasteiger partial charge in [-0.05, 0) is 38.7 Å². The Morgan fingerprint density at radius 1 is 1.22 bits per heavy atom. The van der Waals surface area contributed by atoms with Crippen LogP contribution in [0, 0.1) is 0 Å². The van der Waals surface area contributed by atoms with Gasteiger partial charge in [-0.25, -0.2) is 0 Å². The first-order chi connectivity index (χ1) is 8.70. The fourth-order valence-corrected chi connectivity index (χ4v) is 2.71. The number of aliphatic hydroxyl groups excluding tert-OH is 1. The lowest BCUT2D eigenvalue weighted by Gasteiger charge is -2.29. The summed E-state index contributed by atoms with van der Waals surface area (Å²) in [4.78, 5) is 0. The first-order valence-electron chi connectivity index (χ1n) is 6.77. The molecule has 3 nitrogen and oxygen atoms in total. The molecule has 0 aromatic heterocycles. The molecule has 0 heterocycles. The summed E-state index contributed by atoms with van der Waals surface area (Å²) in [5.41, 5.74) is 1.20. The Kier molecular flexibility index (Phi) is 4.61. The molecule has 1 aromatic carbocycles. The van der Waals surface area contributed by atoms with Gasteiger partial charge in [0.1, 0.15) is 5.75 Å². The van der Waals surface area contributed by atoms with Gasteiger partial charge in [-0.2, -0.15) is 0 Å². The third-order valence-corrected chi connectivity index (χ3v) is 3.79. The molecule has 0 bridgehead atoms. The van der Waals surface area contributed by atoms with Gasteiger partial charge < -0.3 is 15.2 Å². The number of nitrogens with one attached hydrogen (secondary N) is 1. The number of rotatable bonds is 4. The molecule has 18 heavy (non-hydrogen) atoms. The Hall–Kier alpha value is -1.06. The largest absolute Gasteiger partial charge is 0.496 e. The fraction of sp³-hybridized carbons (Fsp3) is 0.600. The van der Waals surface area contributed by atoms with Crippen molar-refractivity contribution in [3.63, 3.8) is 0 Å².